The molecule has 62 heavy (non-hydrogen) atoms. The van der Waals surface area contributed by atoms with Gasteiger partial charge in [-0.25, -0.2) is 18.8 Å². The Labute approximate surface area is 364 Å². The van der Waals surface area contributed by atoms with Crippen LogP contribution < -0.4 is 26.0 Å². The maximum atomic E-state index is 15.0. The van der Waals surface area contributed by atoms with Crippen molar-refractivity contribution in [2.75, 3.05) is 38.1 Å². The third-order valence-electron chi connectivity index (χ3n) is 10.1. The summed E-state index contributed by atoms with van der Waals surface area (Å²) in [6, 6.07) is 9.64. The number of aromatic nitrogens is 2. The number of halogens is 1. The van der Waals surface area contributed by atoms with Crippen LogP contribution in [-0.4, -0.2) is 106 Å². The predicted molar refractivity (Wildman–Crippen MR) is 232 cm³/mol. The lowest BCUT2D eigenvalue weighted by Gasteiger charge is -2.34. The summed E-state index contributed by atoms with van der Waals surface area (Å²) < 4.78 is 32.5. The number of fused-ring (bicyclic) bond motifs is 1. The first-order chi connectivity index (χ1) is 29.4. The number of ether oxygens (including phenoxy) is 3. The van der Waals surface area contributed by atoms with E-state index in [-0.39, 0.29) is 35.6 Å². The Morgan fingerprint density at radius 3 is 2.24 bits per heavy atom. The lowest BCUT2D eigenvalue weighted by atomic mass is 10.0. The van der Waals surface area contributed by atoms with Gasteiger partial charge in [0.2, 0.25) is 5.91 Å². The van der Waals surface area contributed by atoms with Gasteiger partial charge in [0, 0.05) is 69.0 Å². The largest absolute Gasteiger partial charge is 0.454 e. The zero-order valence-corrected chi connectivity index (χ0v) is 36.9. The van der Waals surface area contributed by atoms with Gasteiger partial charge in [0.05, 0.1) is 20.8 Å². The van der Waals surface area contributed by atoms with E-state index in [0.29, 0.717) is 49.7 Å². The lowest BCUT2D eigenvalue weighted by molar-refractivity contribution is -0.156. The first-order valence-electron chi connectivity index (χ1n) is 20.8. The van der Waals surface area contributed by atoms with Crippen LogP contribution in [0.1, 0.15) is 66.9 Å². The molecule has 5 amide bonds. The van der Waals surface area contributed by atoms with E-state index in [9.17, 15) is 24.0 Å². The molecule has 6 rings (SSSR count). The Kier molecular flexibility index (Phi) is 14.6. The zero-order valence-electron chi connectivity index (χ0n) is 36.1. The summed E-state index contributed by atoms with van der Waals surface area (Å²) in [7, 11) is 0. The van der Waals surface area contributed by atoms with E-state index in [0.717, 1.165) is 33.7 Å². The smallest absolute Gasteiger partial charge is 0.408 e. The van der Waals surface area contributed by atoms with Crippen molar-refractivity contribution < 1.29 is 42.6 Å². The number of hydrogen-bond donors (Lipinski definition) is 4. The number of carbonyl (C=O) groups is 5. The second kappa shape index (κ2) is 19.9. The first kappa shape index (κ1) is 45.6. The number of benzene rings is 1. The fourth-order valence-electron chi connectivity index (χ4n) is 6.58. The van der Waals surface area contributed by atoms with Crippen molar-refractivity contribution >= 4 is 57.1 Å². The second-order valence-corrected chi connectivity index (χ2v) is 18.2. The summed E-state index contributed by atoms with van der Waals surface area (Å²) in [5.41, 5.74) is 1.99. The Morgan fingerprint density at radius 1 is 0.887 bits per heavy atom. The molecular weight excluding hydrogens is 820 g/mol. The van der Waals surface area contributed by atoms with Gasteiger partial charge in [-0.3, -0.25) is 24.5 Å². The molecule has 4 heterocycles. The molecule has 0 radical (unpaired) electrons. The molecule has 18 heteroatoms. The molecule has 1 saturated heterocycles. The van der Waals surface area contributed by atoms with E-state index in [1.807, 2.05) is 24.4 Å². The molecule has 1 aliphatic heterocycles. The number of nitrogens with zero attached hydrogens (tertiary/aromatic N) is 4. The number of piperazine rings is 1. The molecule has 3 aromatic heterocycles. The van der Waals surface area contributed by atoms with Gasteiger partial charge in [-0.2, -0.15) is 0 Å². The van der Waals surface area contributed by atoms with E-state index in [2.05, 4.69) is 31.2 Å². The van der Waals surface area contributed by atoms with Crippen LogP contribution in [0.25, 0.3) is 20.8 Å². The van der Waals surface area contributed by atoms with Gasteiger partial charge < -0.3 is 40.4 Å². The summed E-state index contributed by atoms with van der Waals surface area (Å²) in [4.78, 5) is 77.7. The molecule has 1 aliphatic carbocycles. The monoisotopic (exact) mass is 874 g/mol. The highest BCUT2D eigenvalue weighted by atomic mass is 32.1. The minimum atomic E-state index is -1.03. The Morgan fingerprint density at radius 2 is 1.61 bits per heavy atom. The number of anilines is 1. The molecule has 16 nitrogen and oxygen atoms in total. The molecule has 332 valence electrons. The van der Waals surface area contributed by atoms with E-state index in [4.69, 9.17) is 19.2 Å². The highest BCUT2D eigenvalue weighted by molar-refractivity contribution is 7.22. The van der Waals surface area contributed by atoms with Crippen molar-refractivity contribution in [2.24, 2.45) is 11.8 Å². The van der Waals surface area contributed by atoms with Crippen LogP contribution >= 0.6 is 11.3 Å². The molecule has 0 bridgehead atoms. The third-order valence-corrected chi connectivity index (χ3v) is 11.2. The van der Waals surface area contributed by atoms with E-state index in [1.165, 1.54) is 23.5 Å². The Hall–Kier alpha value is -5.88. The number of pyridine rings is 2. The van der Waals surface area contributed by atoms with Gasteiger partial charge in [0.25, 0.3) is 5.91 Å². The van der Waals surface area contributed by atoms with Crippen molar-refractivity contribution in [3.8, 4) is 22.1 Å². The minimum absolute atomic E-state index is 0.0160. The number of esters is 1. The average Bonchev–Trinajstić information content (AvgIpc) is 3.91. The number of amides is 5. The van der Waals surface area contributed by atoms with Crippen LogP contribution in [0.4, 0.5) is 19.7 Å². The zero-order chi connectivity index (χ0) is 44.7. The number of rotatable bonds is 15. The van der Waals surface area contributed by atoms with Crippen molar-refractivity contribution in [3.05, 3.63) is 66.2 Å². The molecule has 2 fully saturated rings. The Bertz CT molecular complexity index is 2250. The topological polar surface area (TPSA) is 193 Å². The predicted octanol–water partition coefficient (Wildman–Crippen LogP) is 6.45. The van der Waals surface area contributed by atoms with E-state index < -0.39 is 48.1 Å². The molecule has 1 unspecified atom stereocenters. The van der Waals surface area contributed by atoms with Crippen molar-refractivity contribution in [1.29, 1.82) is 0 Å². The van der Waals surface area contributed by atoms with Crippen LogP contribution in [0.2, 0.25) is 0 Å². The fourth-order valence-corrected chi connectivity index (χ4v) is 7.63. The van der Waals surface area contributed by atoms with Crippen LogP contribution in [-0.2, 0) is 30.4 Å². The van der Waals surface area contributed by atoms with Gasteiger partial charge in [-0.1, -0.05) is 33.8 Å². The van der Waals surface area contributed by atoms with Crippen LogP contribution in [0.5, 0.6) is 11.5 Å². The normalized spacial score (nSPS) is 15.5. The Balaban J connectivity index is 0.966. The summed E-state index contributed by atoms with van der Waals surface area (Å²) in [5, 5.41) is 10.7. The van der Waals surface area contributed by atoms with Crippen molar-refractivity contribution in [1.82, 2.24) is 35.7 Å². The van der Waals surface area contributed by atoms with Gasteiger partial charge in [0.15, 0.2) is 18.2 Å². The van der Waals surface area contributed by atoms with Crippen LogP contribution in [0, 0.1) is 17.7 Å². The maximum Gasteiger partial charge on any atom is 0.408 e. The quantitative estimate of drug-likeness (QED) is 0.0960. The molecule has 2 atom stereocenters. The van der Waals surface area contributed by atoms with Gasteiger partial charge in [-0.15, -0.1) is 11.3 Å². The number of alkyl carbamates (subject to hydrolysis) is 1. The third kappa shape index (κ3) is 12.6. The fraction of sp³-hybridized carbons (Fsp3) is 0.477. The maximum absolute atomic E-state index is 15.0. The van der Waals surface area contributed by atoms with E-state index >= 15 is 4.39 Å². The lowest BCUT2D eigenvalue weighted by Crippen LogP contribution is -2.56. The number of carbonyl (C=O) groups excluding carboxylic acids is 5. The van der Waals surface area contributed by atoms with Gasteiger partial charge in [0.1, 0.15) is 23.4 Å². The molecule has 4 aromatic rings. The molecule has 0 spiro atoms. The molecule has 2 aliphatic rings. The average molecular weight is 875 g/mol. The standard InChI is InChI=1S/C44H55FN8O8S/c1-25(2)37(51-43(58)61-44(5,6)7)40(55)50-38(26(3)4)41(56)59-24-36(54)53-18-16-52(17-19-53)23-27-8-12-31(47-22-27)35-21-32-39(62-35)34(14-15-46-32)60-33-13-11-29(20-30(33)45)49-42(57)48-28-9-10-28/h8,11-15,20-22,25-26,28,37-38H,9-10,16-19,23-24H2,1-7H3,(H,50,55)(H,51,58)(H2,48,49,57)/t37-,38?/m0/s1. The van der Waals surface area contributed by atoms with Crippen LogP contribution in [0.15, 0.2) is 54.9 Å². The number of urea groups is 1. The molecule has 1 aromatic carbocycles. The number of nitrogens with one attached hydrogen (secondary N) is 4. The highest BCUT2D eigenvalue weighted by Crippen LogP contribution is 2.39. The summed E-state index contributed by atoms with van der Waals surface area (Å²) >= 11 is 1.43. The highest BCUT2D eigenvalue weighted by Gasteiger charge is 2.33. The second-order valence-electron chi connectivity index (χ2n) is 17.2. The van der Waals surface area contributed by atoms with Crippen molar-refractivity contribution in [3.63, 3.8) is 0 Å². The molecule has 4 N–H and O–H groups in total. The summed E-state index contributed by atoms with van der Waals surface area (Å²) in [6.45, 7) is 14.4. The first-order valence-corrected chi connectivity index (χ1v) is 21.6. The summed E-state index contributed by atoms with van der Waals surface area (Å²) in [6.07, 6.45) is 4.57. The van der Waals surface area contributed by atoms with Gasteiger partial charge in [-0.05, 0) is 75.3 Å². The minimum Gasteiger partial charge on any atom is -0.454 e. The summed E-state index contributed by atoms with van der Waals surface area (Å²) in [5.74, 6) is -2.44. The van der Waals surface area contributed by atoms with E-state index in [1.54, 1.807) is 71.7 Å². The van der Waals surface area contributed by atoms with Crippen molar-refractivity contribution in [2.45, 2.75) is 91.6 Å². The van der Waals surface area contributed by atoms with Crippen LogP contribution in [0.3, 0.4) is 0 Å². The molecular formula is C44H55FN8O8S. The number of hydrogen-bond acceptors (Lipinski definition) is 12. The SMILES string of the molecule is CC(C)C(NC(=O)[C@@H](NC(=O)OC(C)(C)C)C(C)C)C(=O)OCC(=O)N1CCN(Cc2ccc(-c3cc4nccc(Oc5ccc(NC(=O)NC6CC6)cc5F)c4s3)nc2)CC1. The number of thiophene rings is 1. The van der Waals surface area contributed by atoms with Gasteiger partial charge >= 0.3 is 18.1 Å². The molecule has 1 saturated carbocycles.